The molecule has 0 saturated carbocycles. The SMILES string of the molecule is CCCCCCCCCCCCC(NCCCCC)[N+](C)([O-])CCC. The lowest BCUT2D eigenvalue weighted by atomic mass is 10.0. The van der Waals surface area contributed by atoms with E-state index < -0.39 is 0 Å². The van der Waals surface area contributed by atoms with Gasteiger partial charge in [-0.25, -0.2) is 0 Å². The fourth-order valence-electron chi connectivity index (χ4n) is 3.64. The van der Waals surface area contributed by atoms with Crippen molar-refractivity contribution in [3.05, 3.63) is 5.21 Å². The van der Waals surface area contributed by atoms with E-state index in [4.69, 9.17) is 0 Å². The van der Waals surface area contributed by atoms with Crippen molar-refractivity contribution in [1.82, 2.24) is 5.32 Å². The van der Waals surface area contributed by atoms with Gasteiger partial charge in [-0.05, 0) is 19.3 Å². The number of unbranched alkanes of at least 4 members (excludes halogenated alkanes) is 11. The Hall–Kier alpha value is -0.120. The minimum Gasteiger partial charge on any atom is -0.632 e. The maximum Gasteiger partial charge on any atom is 0.142 e. The Morgan fingerprint density at radius 2 is 1.16 bits per heavy atom. The van der Waals surface area contributed by atoms with E-state index in [1.807, 2.05) is 7.05 Å². The average molecular weight is 357 g/mol. The Balaban J connectivity index is 3.86. The maximum atomic E-state index is 12.8. The third kappa shape index (κ3) is 14.7. The van der Waals surface area contributed by atoms with Gasteiger partial charge in [-0.1, -0.05) is 91.4 Å². The molecule has 25 heavy (non-hydrogen) atoms. The molecule has 1 N–H and O–H groups in total. The smallest absolute Gasteiger partial charge is 0.142 e. The fraction of sp³-hybridized carbons (Fsp3) is 1.00. The van der Waals surface area contributed by atoms with Crippen LogP contribution in [0.4, 0.5) is 0 Å². The van der Waals surface area contributed by atoms with E-state index in [0.717, 1.165) is 25.9 Å². The molecule has 0 aromatic carbocycles. The van der Waals surface area contributed by atoms with Gasteiger partial charge in [-0.15, -0.1) is 0 Å². The van der Waals surface area contributed by atoms with Crippen molar-refractivity contribution < 1.29 is 4.65 Å². The van der Waals surface area contributed by atoms with Crippen LogP contribution in [-0.2, 0) is 0 Å². The van der Waals surface area contributed by atoms with Gasteiger partial charge < -0.3 is 9.85 Å². The van der Waals surface area contributed by atoms with Gasteiger partial charge in [0.05, 0.1) is 13.6 Å². The van der Waals surface area contributed by atoms with Crippen molar-refractivity contribution in [3.63, 3.8) is 0 Å². The molecule has 152 valence electrons. The molecule has 0 amide bonds. The molecule has 0 bridgehead atoms. The summed E-state index contributed by atoms with van der Waals surface area (Å²) in [5.74, 6) is 0. The second-order valence-electron chi connectivity index (χ2n) is 8.05. The number of rotatable bonds is 19. The minimum atomic E-state index is -0.111. The van der Waals surface area contributed by atoms with Gasteiger partial charge in [-0.3, -0.25) is 5.32 Å². The highest BCUT2D eigenvalue weighted by molar-refractivity contribution is 4.60. The number of quaternary nitrogens is 1. The van der Waals surface area contributed by atoms with Crippen molar-refractivity contribution >= 4 is 0 Å². The van der Waals surface area contributed by atoms with E-state index in [-0.39, 0.29) is 10.8 Å². The zero-order chi connectivity index (χ0) is 18.8. The summed E-state index contributed by atoms with van der Waals surface area (Å²) in [6.45, 7) is 8.34. The first-order valence-electron chi connectivity index (χ1n) is 11.4. The van der Waals surface area contributed by atoms with Gasteiger partial charge in [0.25, 0.3) is 0 Å². The van der Waals surface area contributed by atoms with Crippen LogP contribution in [0.25, 0.3) is 0 Å². The molecule has 3 nitrogen and oxygen atoms in total. The van der Waals surface area contributed by atoms with Crippen molar-refractivity contribution in [2.24, 2.45) is 0 Å². The zero-order valence-electron chi connectivity index (χ0n) is 18.0. The van der Waals surface area contributed by atoms with Crippen LogP contribution in [0.1, 0.15) is 117 Å². The summed E-state index contributed by atoms with van der Waals surface area (Å²) in [6, 6.07) is 0. The molecule has 2 unspecified atom stereocenters. The van der Waals surface area contributed by atoms with E-state index in [1.54, 1.807) is 0 Å². The van der Waals surface area contributed by atoms with Gasteiger partial charge in [0.1, 0.15) is 6.17 Å². The van der Waals surface area contributed by atoms with Crippen LogP contribution in [0.3, 0.4) is 0 Å². The first-order valence-corrected chi connectivity index (χ1v) is 11.4. The molecule has 0 aliphatic carbocycles. The minimum absolute atomic E-state index is 0.0887. The predicted molar refractivity (Wildman–Crippen MR) is 112 cm³/mol. The molecule has 3 heteroatoms. The van der Waals surface area contributed by atoms with Crippen LogP contribution in [0, 0.1) is 5.21 Å². The number of hydrogen-bond acceptors (Lipinski definition) is 2. The third-order valence-electron chi connectivity index (χ3n) is 5.32. The molecule has 0 radical (unpaired) electrons. The lowest BCUT2D eigenvalue weighted by molar-refractivity contribution is -0.890. The van der Waals surface area contributed by atoms with Crippen LogP contribution < -0.4 is 5.32 Å². The van der Waals surface area contributed by atoms with Crippen LogP contribution >= 0.6 is 0 Å². The summed E-state index contributed by atoms with van der Waals surface area (Å²) in [5, 5.41) is 16.4. The van der Waals surface area contributed by atoms with E-state index in [0.29, 0.717) is 0 Å². The molecule has 2 atom stereocenters. The molecule has 0 rings (SSSR count). The van der Waals surface area contributed by atoms with E-state index >= 15 is 0 Å². The highest BCUT2D eigenvalue weighted by atomic mass is 16.5. The molecule has 0 aliphatic heterocycles. The molecule has 0 aliphatic rings. The van der Waals surface area contributed by atoms with Crippen molar-refractivity contribution in [3.8, 4) is 0 Å². The number of nitrogens with one attached hydrogen (secondary N) is 1. The first-order chi connectivity index (χ1) is 12.1. The topological polar surface area (TPSA) is 35.1 Å². The molecular formula is C22H48N2O. The maximum absolute atomic E-state index is 12.8. The Kier molecular flexibility index (Phi) is 17.2. The predicted octanol–water partition coefficient (Wildman–Crippen LogP) is 6.76. The fourth-order valence-corrected chi connectivity index (χ4v) is 3.64. The summed E-state index contributed by atoms with van der Waals surface area (Å²) >= 11 is 0. The summed E-state index contributed by atoms with van der Waals surface area (Å²) in [5.41, 5.74) is 0. The largest absolute Gasteiger partial charge is 0.632 e. The Morgan fingerprint density at radius 3 is 1.68 bits per heavy atom. The lowest BCUT2D eigenvalue weighted by Gasteiger charge is -2.46. The monoisotopic (exact) mass is 356 g/mol. The molecule has 0 spiro atoms. The summed E-state index contributed by atoms with van der Waals surface area (Å²) in [4.78, 5) is 0. The number of hydrogen-bond donors (Lipinski definition) is 1. The van der Waals surface area contributed by atoms with Gasteiger partial charge in [0.15, 0.2) is 0 Å². The van der Waals surface area contributed by atoms with Gasteiger partial charge >= 0.3 is 0 Å². The van der Waals surface area contributed by atoms with Crippen molar-refractivity contribution in [2.75, 3.05) is 20.1 Å². The highest BCUT2D eigenvalue weighted by Crippen LogP contribution is 2.16. The normalized spacial score (nSPS) is 15.2. The molecular weight excluding hydrogens is 308 g/mol. The van der Waals surface area contributed by atoms with Crippen LogP contribution in [-0.4, -0.2) is 30.9 Å². The summed E-state index contributed by atoms with van der Waals surface area (Å²) in [6.07, 6.45) is 19.3. The molecule has 0 fully saturated rings. The second-order valence-corrected chi connectivity index (χ2v) is 8.05. The lowest BCUT2D eigenvalue weighted by Crippen LogP contribution is -2.55. The van der Waals surface area contributed by atoms with E-state index in [9.17, 15) is 5.21 Å². The molecule has 0 aromatic rings. The van der Waals surface area contributed by atoms with Gasteiger partial charge in [0.2, 0.25) is 0 Å². The van der Waals surface area contributed by atoms with Crippen LogP contribution in [0.2, 0.25) is 0 Å². The Labute approximate surface area is 159 Å². The summed E-state index contributed by atoms with van der Waals surface area (Å²) < 4.78 is -0.111. The van der Waals surface area contributed by atoms with Crippen molar-refractivity contribution in [1.29, 1.82) is 0 Å². The quantitative estimate of drug-likeness (QED) is 0.120. The van der Waals surface area contributed by atoms with E-state index in [2.05, 4.69) is 26.1 Å². The second kappa shape index (κ2) is 17.3. The van der Waals surface area contributed by atoms with Crippen molar-refractivity contribution in [2.45, 2.75) is 123 Å². The molecule has 0 heterocycles. The van der Waals surface area contributed by atoms with Gasteiger partial charge in [0, 0.05) is 13.0 Å². The highest BCUT2D eigenvalue weighted by Gasteiger charge is 2.22. The number of nitrogens with zero attached hydrogens (tertiary/aromatic N) is 1. The van der Waals surface area contributed by atoms with E-state index in [1.165, 1.54) is 83.5 Å². The number of hydroxylamine groups is 3. The zero-order valence-corrected chi connectivity index (χ0v) is 18.0. The van der Waals surface area contributed by atoms with Crippen LogP contribution in [0.15, 0.2) is 0 Å². The van der Waals surface area contributed by atoms with Crippen LogP contribution in [0.5, 0.6) is 0 Å². The first kappa shape index (κ1) is 24.9. The summed E-state index contributed by atoms with van der Waals surface area (Å²) in [7, 11) is 1.86. The molecule has 0 saturated heterocycles. The standard InChI is InChI=1S/C22H48N2O/c1-5-8-10-11-12-13-14-15-16-17-19-22(23-20-18-9-6-2)24(4,25)21-7-3/h22-23H,5-21H2,1-4H3. The third-order valence-corrected chi connectivity index (χ3v) is 5.32. The van der Waals surface area contributed by atoms with Gasteiger partial charge in [-0.2, -0.15) is 0 Å². The Morgan fingerprint density at radius 1 is 0.680 bits per heavy atom. The molecule has 0 aromatic heterocycles. The Bertz CT molecular complexity index is 269. The average Bonchev–Trinajstić information content (AvgIpc) is 2.58.